The third-order valence-corrected chi connectivity index (χ3v) is 3.15. The lowest BCUT2D eigenvalue weighted by atomic mass is 10.0. The smallest absolute Gasteiger partial charge is 0.407 e. The van der Waals surface area contributed by atoms with Crippen LogP contribution >= 0.6 is 0 Å². The number of hydrogen-bond acceptors (Lipinski definition) is 3. The number of methoxy groups -OCH3 is 1. The van der Waals surface area contributed by atoms with Crippen molar-refractivity contribution in [2.24, 2.45) is 5.92 Å². The average Bonchev–Trinajstić information content (AvgIpc) is 2.37. The van der Waals surface area contributed by atoms with Gasteiger partial charge in [-0.05, 0) is 31.6 Å². The molecule has 0 aromatic carbocycles. The van der Waals surface area contributed by atoms with Crippen molar-refractivity contribution < 1.29 is 14.3 Å². The number of nitrogens with zero attached hydrogens (tertiary/aromatic N) is 1. The first kappa shape index (κ1) is 14.8. The summed E-state index contributed by atoms with van der Waals surface area (Å²) in [6, 6.07) is -0.462. The zero-order valence-corrected chi connectivity index (χ0v) is 11.6. The fraction of sp³-hybridized carbons (Fsp3) is 0.846. The fourth-order valence-electron chi connectivity index (χ4n) is 2.23. The lowest BCUT2D eigenvalue weighted by Gasteiger charge is -2.31. The van der Waals surface area contributed by atoms with E-state index in [1.165, 1.54) is 13.5 Å². The number of nitrogens with one attached hydrogen (secondary N) is 1. The molecule has 2 amide bonds. The maximum atomic E-state index is 12.3. The quantitative estimate of drug-likeness (QED) is 0.834. The van der Waals surface area contributed by atoms with Crippen LogP contribution in [-0.4, -0.2) is 43.1 Å². The highest BCUT2D eigenvalue weighted by Crippen LogP contribution is 2.13. The van der Waals surface area contributed by atoms with Crippen molar-refractivity contribution in [1.29, 1.82) is 0 Å². The van der Waals surface area contributed by atoms with E-state index in [4.69, 9.17) is 0 Å². The van der Waals surface area contributed by atoms with Crippen LogP contribution in [0.25, 0.3) is 0 Å². The van der Waals surface area contributed by atoms with Crippen molar-refractivity contribution in [2.45, 2.75) is 45.6 Å². The second-order valence-corrected chi connectivity index (χ2v) is 5.20. The minimum absolute atomic E-state index is 0.0220. The number of hydrogen-bond donors (Lipinski definition) is 1. The van der Waals surface area contributed by atoms with E-state index < -0.39 is 12.1 Å². The molecule has 5 heteroatoms. The minimum Gasteiger partial charge on any atom is -0.453 e. The van der Waals surface area contributed by atoms with E-state index in [0.717, 1.165) is 25.9 Å². The zero-order valence-electron chi connectivity index (χ0n) is 11.6. The van der Waals surface area contributed by atoms with Crippen LogP contribution in [0.3, 0.4) is 0 Å². The van der Waals surface area contributed by atoms with Gasteiger partial charge in [-0.25, -0.2) is 4.79 Å². The van der Waals surface area contributed by atoms with Crippen LogP contribution in [-0.2, 0) is 9.53 Å². The Hall–Kier alpha value is -1.26. The Labute approximate surface area is 109 Å². The van der Waals surface area contributed by atoms with Gasteiger partial charge in [-0.1, -0.05) is 13.8 Å². The van der Waals surface area contributed by atoms with Gasteiger partial charge in [0.15, 0.2) is 0 Å². The Kier molecular flexibility index (Phi) is 5.95. The monoisotopic (exact) mass is 256 g/mol. The predicted octanol–water partition coefficient (Wildman–Crippen LogP) is 1.77. The lowest BCUT2D eigenvalue weighted by molar-refractivity contribution is -0.134. The van der Waals surface area contributed by atoms with Gasteiger partial charge in [0.05, 0.1) is 7.11 Å². The number of carbonyl (C=O) groups excluding carboxylic acids is 2. The highest BCUT2D eigenvalue weighted by molar-refractivity contribution is 5.85. The summed E-state index contributed by atoms with van der Waals surface area (Å²) >= 11 is 0. The summed E-state index contributed by atoms with van der Waals surface area (Å²) in [5.41, 5.74) is 0. The molecule has 0 unspecified atom stereocenters. The molecule has 0 spiro atoms. The number of alkyl carbamates (subject to hydrolysis) is 1. The van der Waals surface area contributed by atoms with E-state index in [-0.39, 0.29) is 5.91 Å². The third-order valence-electron chi connectivity index (χ3n) is 3.15. The van der Waals surface area contributed by atoms with Gasteiger partial charge in [0, 0.05) is 13.1 Å². The van der Waals surface area contributed by atoms with Crippen molar-refractivity contribution in [3.8, 4) is 0 Å². The highest BCUT2D eigenvalue weighted by Gasteiger charge is 2.27. The van der Waals surface area contributed by atoms with Gasteiger partial charge in [-0.15, -0.1) is 0 Å². The molecule has 1 fully saturated rings. The molecular formula is C13H24N2O3. The van der Waals surface area contributed by atoms with Crippen LogP contribution in [0.2, 0.25) is 0 Å². The Morgan fingerprint density at radius 1 is 1.22 bits per heavy atom. The summed E-state index contributed by atoms with van der Waals surface area (Å²) in [6.07, 6.45) is 3.40. The van der Waals surface area contributed by atoms with Crippen molar-refractivity contribution >= 4 is 12.0 Å². The molecule has 104 valence electrons. The highest BCUT2D eigenvalue weighted by atomic mass is 16.5. The molecule has 0 aromatic heterocycles. The molecule has 0 bridgehead atoms. The first-order valence-corrected chi connectivity index (χ1v) is 6.68. The van der Waals surface area contributed by atoms with E-state index in [1.807, 2.05) is 18.7 Å². The number of piperidine rings is 1. The predicted molar refractivity (Wildman–Crippen MR) is 69.2 cm³/mol. The van der Waals surface area contributed by atoms with Crippen molar-refractivity contribution in [3.63, 3.8) is 0 Å². The molecule has 1 N–H and O–H groups in total. The Morgan fingerprint density at radius 3 is 2.33 bits per heavy atom. The zero-order chi connectivity index (χ0) is 13.5. The van der Waals surface area contributed by atoms with E-state index in [0.29, 0.717) is 12.3 Å². The summed E-state index contributed by atoms with van der Waals surface area (Å²) in [7, 11) is 1.31. The summed E-state index contributed by atoms with van der Waals surface area (Å²) in [4.78, 5) is 25.5. The largest absolute Gasteiger partial charge is 0.453 e. The van der Waals surface area contributed by atoms with Crippen LogP contribution in [0.4, 0.5) is 4.79 Å². The molecule has 1 atom stereocenters. The second kappa shape index (κ2) is 7.24. The van der Waals surface area contributed by atoms with Crippen molar-refractivity contribution in [2.75, 3.05) is 20.2 Å². The SMILES string of the molecule is COC(=O)N[C@@H](CC(C)C)C(=O)N1CCCCC1. The molecule has 1 saturated heterocycles. The molecule has 0 radical (unpaired) electrons. The minimum atomic E-state index is -0.536. The molecule has 1 rings (SSSR count). The first-order valence-electron chi connectivity index (χ1n) is 6.68. The molecule has 0 aromatic rings. The number of ether oxygens (including phenoxy) is 1. The molecule has 5 nitrogen and oxygen atoms in total. The van der Waals surface area contributed by atoms with Gasteiger partial charge in [0.1, 0.15) is 6.04 Å². The maximum absolute atomic E-state index is 12.3. The van der Waals surface area contributed by atoms with Gasteiger partial charge >= 0.3 is 6.09 Å². The summed E-state index contributed by atoms with van der Waals surface area (Å²) in [5, 5.41) is 2.64. The second-order valence-electron chi connectivity index (χ2n) is 5.20. The Bertz CT molecular complexity index is 286. The van der Waals surface area contributed by atoms with Gasteiger partial charge < -0.3 is 15.0 Å². The van der Waals surface area contributed by atoms with Crippen molar-refractivity contribution in [3.05, 3.63) is 0 Å². The summed E-state index contributed by atoms with van der Waals surface area (Å²) < 4.78 is 4.58. The van der Waals surface area contributed by atoms with Crippen LogP contribution in [0.5, 0.6) is 0 Å². The Balaban J connectivity index is 2.61. The van der Waals surface area contributed by atoms with Crippen LogP contribution in [0.1, 0.15) is 39.5 Å². The summed E-state index contributed by atoms with van der Waals surface area (Å²) in [5.74, 6) is 0.370. The summed E-state index contributed by atoms with van der Waals surface area (Å²) in [6.45, 7) is 5.68. The Morgan fingerprint density at radius 2 is 1.83 bits per heavy atom. The molecule has 0 saturated carbocycles. The van der Waals surface area contributed by atoms with Crippen LogP contribution < -0.4 is 5.32 Å². The number of likely N-dealkylation sites (tertiary alicyclic amines) is 1. The third kappa shape index (κ3) is 4.55. The molecule has 1 aliphatic rings. The number of carbonyl (C=O) groups is 2. The molecule has 1 aliphatic heterocycles. The van der Waals surface area contributed by atoms with Crippen LogP contribution in [0.15, 0.2) is 0 Å². The van der Waals surface area contributed by atoms with E-state index in [1.54, 1.807) is 0 Å². The maximum Gasteiger partial charge on any atom is 0.407 e. The van der Waals surface area contributed by atoms with E-state index >= 15 is 0 Å². The van der Waals surface area contributed by atoms with Gasteiger partial charge in [0.25, 0.3) is 0 Å². The first-order chi connectivity index (χ1) is 8.54. The fourth-order valence-corrected chi connectivity index (χ4v) is 2.23. The molecular weight excluding hydrogens is 232 g/mol. The number of amides is 2. The van der Waals surface area contributed by atoms with E-state index in [9.17, 15) is 9.59 Å². The van der Waals surface area contributed by atoms with Gasteiger partial charge in [-0.3, -0.25) is 4.79 Å². The van der Waals surface area contributed by atoms with Crippen molar-refractivity contribution in [1.82, 2.24) is 10.2 Å². The standard InChI is InChI=1S/C13H24N2O3/c1-10(2)9-11(14-13(17)18-3)12(16)15-7-5-4-6-8-15/h10-11H,4-9H2,1-3H3,(H,14,17)/t11-/m0/s1. The molecule has 1 heterocycles. The topological polar surface area (TPSA) is 58.6 Å². The van der Waals surface area contributed by atoms with E-state index in [2.05, 4.69) is 10.1 Å². The van der Waals surface area contributed by atoms with Gasteiger partial charge in [-0.2, -0.15) is 0 Å². The molecule has 18 heavy (non-hydrogen) atoms. The average molecular weight is 256 g/mol. The van der Waals surface area contributed by atoms with Gasteiger partial charge in [0.2, 0.25) is 5.91 Å². The number of rotatable bonds is 4. The normalized spacial score (nSPS) is 17.4. The lowest BCUT2D eigenvalue weighted by Crippen LogP contribution is -2.50. The molecule has 0 aliphatic carbocycles. The van der Waals surface area contributed by atoms with Crippen LogP contribution in [0, 0.1) is 5.92 Å².